The lowest BCUT2D eigenvalue weighted by Gasteiger charge is -2.16. The molecule has 2 aromatic rings. The van der Waals surface area contributed by atoms with Crippen molar-refractivity contribution in [1.82, 2.24) is 0 Å². The van der Waals surface area contributed by atoms with E-state index in [4.69, 9.17) is 5.73 Å². The number of nitrogens with two attached hydrogens (primary N) is 1. The fourth-order valence-corrected chi connectivity index (χ4v) is 3.29. The summed E-state index contributed by atoms with van der Waals surface area (Å²) in [5.41, 5.74) is 7.30. The molecule has 2 rings (SSSR count). The first-order chi connectivity index (χ1) is 8.79. The topological polar surface area (TPSA) is 26.0 Å². The van der Waals surface area contributed by atoms with E-state index in [0.29, 0.717) is 4.47 Å². The Bertz CT molecular complexity index is 586. The first kappa shape index (κ1) is 14.7. The maximum atomic E-state index is 13.2. The Morgan fingerprint density at radius 1 is 1.21 bits per heavy atom. The molecule has 4 heteroatoms. The van der Waals surface area contributed by atoms with Gasteiger partial charge in [-0.05, 0) is 51.2 Å². The standard InChI is InChI=1S/C15H17BrFNS/c1-15(2,3)13-7-6-12(19-13)14(18)9-4-5-11(17)10(16)8-9/h4-8,14H,18H2,1-3H3. The lowest BCUT2D eigenvalue weighted by atomic mass is 9.95. The molecule has 0 radical (unpaired) electrons. The zero-order valence-electron chi connectivity index (χ0n) is 11.2. The van der Waals surface area contributed by atoms with Crippen molar-refractivity contribution in [2.24, 2.45) is 5.73 Å². The number of benzene rings is 1. The monoisotopic (exact) mass is 341 g/mol. The zero-order valence-corrected chi connectivity index (χ0v) is 13.6. The third-order valence-electron chi connectivity index (χ3n) is 2.98. The fraction of sp³-hybridized carbons (Fsp3) is 0.333. The Morgan fingerprint density at radius 2 is 1.89 bits per heavy atom. The molecule has 1 atom stereocenters. The highest BCUT2D eigenvalue weighted by molar-refractivity contribution is 9.10. The molecule has 1 unspecified atom stereocenters. The molecule has 1 nitrogen and oxygen atoms in total. The van der Waals surface area contributed by atoms with Crippen molar-refractivity contribution in [3.8, 4) is 0 Å². The number of thiophene rings is 1. The number of hydrogen-bond donors (Lipinski definition) is 1. The van der Waals surface area contributed by atoms with Gasteiger partial charge in [0.05, 0.1) is 10.5 Å². The van der Waals surface area contributed by atoms with Crippen LogP contribution in [0.15, 0.2) is 34.8 Å². The van der Waals surface area contributed by atoms with Crippen LogP contribution in [0.3, 0.4) is 0 Å². The normalized spacial score (nSPS) is 13.6. The van der Waals surface area contributed by atoms with Gasteiger partial charge in [0.15, 0.2) is 0 Å². The van der Waals surface area contributed by atoms with E-state index in [9.17, 15) is 4.39 Å². The maximum absolute atomic E-state index is 13.2. The van der Waals surface area contributed by atoms with Crippen LogP contribution in [0.1, 0.15) is 42.1 Å². The van der Waals surface area contributed by atoms with Crippen molar-refractivity contribution in [2.75, 3.05) is 0 Å². The summed E-state index contributed by atoms with van der Waals surface area (Å²) in [4.78, 5) is 2.41. The van der Waals surface area contributed by atoms with Gasteiger partial charge in [0.1, 0.15) is 5.82 Å². The van der Waals surface area contributed by atoms with E-state index in [0.717, 1.165) is 10.4 Å². The van der Waals surface area contributed by atoms with Crippen molar-refractivity contribution >= 4 is 27.3 Å². The summed E-state index contributed by atoms with van der Waals surface area (Å²) in [7, 11) is 0. The largest absolute Gasteiger partial charge is 0.320 e. The Labute approximate surface area is 125 Å². The Balaban J connectivity index is 2.31. The van der Waals surface area contributed by atoms with Gasteiger partial charge in [0.2, 0.25) is 0 Å². The minimum atomic E-state index is -0.266. The fourth-order valence-electron chi connectivity index (χ4n) is 1.79. The molecule has 0 fully saturated rings. The quantitative estimate of drug-likeness (QED) is 0.817. The molecule has 1 heterocycles. The highest BCUT2D eigenvalue weighted by atomic mass is 79.9. The molecule has 0 aliphatic carbocycles. The molecule has 1 aromatic heterocycles. The zero-order chi connectivity index (χ0) is 14.2. The van der Waals surface area contributed by atoms with Crippen LogP contribution in [0, 0.1) is 5.82 Å². The van der Waals surface area contributed by atoms with Crippen LogP contribution in [-0.2, 0) is 5.41 Å². The molecule has 0 saturated heterocycles. The van der Waals surface area contributed by atoms with Gasteiger partial charge in [0.25, 0.3) is 0 Å². The summed E-state index contributed by atoms with van der Waals surface area (Å²) in [5, 5.41) is 0. The SMILES string of the molecule is CC(C)(C)c1ccc(C(N)c2ccc(F)c(Br)c2)s1. The summed E-state index contributed by atoms with van der Waals surface area (Å²) in [6, 6.07) is 8.90. The van der Waals surface area contributed by atoms with Crippen LogP contribution in [0.2, 0.25) is 0 Å². The second kappa shape index (κ2) is 5.35. The average molecular weight is 342 g/mol. The summed E-state index contributed by atoms with van der Waals surface area (Å²) in [6.07, 6.45) is 0. The summed E-state index contributed by atoms with van der Waals surface area (Å²) < 4.78 is 13.7. The van der Waals surface area contributed by atoms with E-state index < -0.39 is 0 Å². The lowest BCUT2D eigenvalue weighted by Crippen LogP contribution is -2.11. The Morgan fingerprint density at radius 3 is 2.42 bits per heavy atom. The van der Waals surface area contributed by atoms with Gasteiger partial charge in [-0.3, -0.25) is 0 Å². The van der Waals surface area contributed by atoms with Gasteiger partial charge in [0, 0.05) is 9.75 Å². The predicted octanol–water partition coefficient (Wildman–Crippen LogP) is 5.00. The minimum Gasteiger partial charge on any atom is -0.320 e. The van der Waals surface area contributed by atoms with E-state index in [1.165, 1.54) is 10.9 Å². The molecule has 0 spiro atoms. The van der Waals surface area contributed by atoms with Crippen LogP contribution in [0.25, 0.3) is 0 Å². The van der Waals surface area contributed by atoms with Crippen LogP contribution in [-0.4, -0.2) is 0 Å². The lowest BCUT2D eigenvalue weighted by molar-refractivity contribution is 0.604. The molecule has 102 valence electrons. The molecule has 0 aliphatic heterocycles. The minimum absolute atomic E-state index is 0.131. The van der Waals surface area contributed by atoms with Crippen LogP contribution < -0.4 is 5.73 Å². The predicted molar refractivity (Wildman–Crippen MR) is 83.1 cm³/mol. The highest BCUT2D eigenvalue weighted by Crippen LogP contribution is 2.34. The third kappa shape index (κ3) is 3.25. The van der Waals surface area contributed by atoms with Crippen molar-refractivity contribution in [2.45, 2.75) is 32.2 Å². The third-order valence-corrected chi connectivity index (χ3v) is 5.18. The molecule has 2 N–H and O–H groups in total. The van der Waals surface area contributed by atoms with Crippen molar-refractivity contribution in [1.29, 1.82) is 0 Å². The van der Waals surface area contributed by atoms with E-state index in [1.54, 1.807) is 23.5 Å². The molecular weight excluding hydrogens is 325 g/mol. The highest BCUT2D eigenvalue weighted by Gasteiger charge is 2.19. The summed E-state index contributed by atoms with van der Waals surface area (Å²) >= 11 is 4.92. The summed E-state index contributed by atoms with van der Waals surface area (Å²) in [6.45, 7) is 6.55. The van der Waals surface area contributed by atoms with Crippen LogP contribution in [0.4, 0.5) is 4.39 Å². The maximum Gasteiger partial charge on any atom is 0.137 e. The van der Waals surface area contributed by atoms with Crippen LogP contribution >= 0.6 is 27.3 Å². The molecule has 0 bridgehead atoms. The first-order valence-electron chi connectivity index (χ1n) is 6.10. The van der Waals surface area contributed by atoms with Gasteiger partial charge in [-0.25, -0.2) is 4.39 Å². The van der Waals surface area contributed by atoms with E-state index in [-0.39, 0.29) is 17.3 Å². The molecular formula is C15H17BrFNS. The van der Waals surface area contributed by atoms with Crippen molar-refractivity contribution < 1.29 is 4.39 Å². The Hall–Kier alpha value is -0.710. The molecule has 0 saturated carbocycles. The molecule has 0 aliphatic rings. The van der Waals surface area contributed by atoms with E-state index >= 15 is 0 Å². The van der Waals surface area contributed by atoms with E-state index in [1.807, 2.05) is 0 Å². The molecule has 0 amide bonds. The Kier molecular flexibility index (Phi) is 4.14. The number of rotatable bonds is 2. The van der Waals surface area contributed by atoms with Gasteiger partial charge < -0.3 is 5.73 Å². The smallest absolute Gasteiger partial charge is 0.137 e. The van der Waals surface area contributed by atoms with E-state index in [2.05, 4.69) is 48.8 Å². The van der Waals surface area contributed by atoms with Crippen molar-refractivity contribution in [3.05, 3.63) is 55.9 Å². The van der Waals surface area contributed by atoms with Crippen molar-refractivity contribution in [3.63, 3.8) is 0 Å². The molecule has 1 aromatic carbocycles. The average Bonchev–Trinajstić information content (AvgIpc) is 2.81. The number of hydrogen-bond acceptors (Lipinski definition) is 2. The van der Waals surface area contributed by atoms with Crippen LogP contribution in [0.5, 0.6) is 0 Å². The van der Waals surface area contributed by atoms with Gasteiger partial charge in [-0.1, -0.05) is 26.8 Å². The molecule has 19 heavy (non-hydrogen) atoms. The van der Waals surface area contributed by atoms with Gasteiger partial charge in [-0.15, -0.1) is 11.3 Å². The van der Waals surface area contributed by atoms with Gasteiger partial charge >= 0.3 is 0 Å². The second-order valence-electron chi connectivity index (χ2n) is 5.60. The second-order valence-corrected chi connectivity index (χ2v) is 7.57. The van der Waals surface area contributed by atoms with Gasteiger partial charge in [-0.2, -0.15) is 0 Å². The summed E-state index contributed by atoms with van der Waals surface area (Å²) in [5.74, 6) is -0.266. The first-order valence-corrected chi connectivity index (χ1v) is 7.71. The number of halogens is 2.